The summed E-state index contributed by atoms with van der Waals surface area (Å²) in [6.45, 7) is 7.91. The lowest BCUT2D eigenvalue weighted by Gasteiger charge is -2.22. The normalized spacial score (nSPS) is 12.4. The Hall–Kier alpha value is -1.46. The molecule has 0 saturated heterocycles. The van der Waals surface area contributed by atoms with Gasteiger partial charge in [-0.3, -0.25) is 0 Å². The molecule has 1 aromatic rings. The Kier molecular flexibility index (Phi) is 4.09. The van der Waals surface area contributed by atoms with Gasteiger partial charge in [-0.05, 0) is 39.8 Å². The predicted molar refractivity (Wildman–Crippen MR) is 66.8 cm³/mol. The fraction of sp³-hybridized carbons (Fsp3) is 0.583. The van der Waals surface area contributed by atoms with E-state index in [4.69, 9.17) is 0 Å². The van der Waals surface area contributed by atoms with Gasteiger partial charge in [-0.2, -0.15) is 13.2 Å². The van der Waals surface area contributed by atoms with E-state index in [0.717, 1.165) is 12.1 Å². The fourth-order valence-electron chi connectivity index (χ4n) is 1.41. The lowest BCUT2D eigenvalue weighted by atomic mass is 10.1. The summed E-state index contributed by atoms with van der Waals surface area (Å²) in [5.41, 5.74) is -1.05. The lowest BCUT2D eigenvalue weighted by molar-refractivity contribution is -0.137. The van der Waals surface area contributed by atoms with E-state index in [1.165, 1.54) is 0 Å². The molecule has 1 heterocycles. The minimum atomic E-state index is -4.37. The average molecular weight is 261 g/mol. The van der Waals surface area contributed by atoms with Crippen LogP contribution in [0.5, 0.6) is 0 Å². The van der Waals surface area contributed by atoms with E-state index in [2.05, 4.69) is 15.6 Å². The Bertz CT molecular complexity index is 408. The number of hydrogen-bond donors (Lipinski definition) is 2. The molecule has 0 aliphatic carbocycles. The van der Waals surface area contributed by atoms with E-state index in [1.54, 1.807) is 6.92 Å². The zero-order chi connectivity index (χ0) is 14.0. The van der Waals surface area contributed by atoms with Crippen LogP contribution in [0, 0.1) is 0 Å². The summed E-state index contributed by atoms with van der Waals surface area (Å²) in [6.07, 6.45) is -4.37. The summed E-state index contributed by atoms with van der Waals surface area (Å²) in [6, 6.07) is 2.03. The molecule has 0 aliphatic heterocycles. The summed E-state index contributed by atoms with van der Waals surface area (Å²) < 4.78 is 38.2. The SMILES string of the molecule is CCNc1cc(C(F)(F)F)cc(NC(C)(C)C)n1. The molecule has 3 nitrogen and oxygen atoms in total. The first-order valence-corrected chi connectivity index (χ1v) is 5.73. The minimum Gasteiger partial charge on any atom is -0.370 e. The van der Waals surface area contributed by atoms with Crippen molar-refractivity contribution < 1.29 is 13.2 Å². The van der Waals surface area contributed by atoms with E-state index < -0.39 is 11.7 Å². The number of pyridine rings is 1. The monoisotopic (exact) mass is 261 g/mol. The number of aromatic nitrogens is 1. The summed E-state index contributed by atoms with van der Waals surface area (Å²) in [4.78, 5) is 4.10. The largest absolute Gasteiger partial charge is 0.416 e. The maximum atomic E-state index is 12.7. The van der Waals surface area contributed by atoms with Crippen molar-refractivity contribution in [3.8, 4) is 0 Å². The Morgan fingerprint density at radius 3 is 2.11 bits per heavy atom. The highest BCUT2D eigenvalue weighted by atomic mass is 19.4. The van der Waals surface area contributed by atoms with E-state index in [0.29, 0.717) is 6.54 Å². The molecule has 0 bridgehead atoms. The molecular formula is C12H18F3N3. The van der Waals surface area contributed by atoms with Crippen LogP contribution in [0.25, 0.3) is 0 Å². The Labute approximate surface area is 105 Å². The molecule has 0 radical (unpaired) electrons. The topological polar surface area (TPSA) is 37.0 Å². The van der Waals surface area contributed by atoms with E-state index >= 15 is 0 Å². The highest BCUT2D eigenvalue weighted by molar-refractivity contribution is 5.50. The fourth-order valence-corrected chi connectivity index (χ4v) is 1.41. The zero-order valence-corrected chi connectivity index (χ0v) is 10.9. The third kappa shape index (κ3) is 4.43. The zero-order valence-electron chi connectivity index (χ0n) is 10.9. The quantitative estimate of drug-likeness (QED) is 0.870. The number of alkyl halides is 3. The molecule has 0 saturated carbocycles. The second kappa shape index (κ2) is 5.04. The molecule has 1 rings (SSSR count). The molecule has 0 aromatic carbocycles. The second-order valence-electron chi connectivity index (χ2n) is 5.03. The van der Waals surface area contributed by atoms with Crippen LogP contribution in [0.4, 0.5) is 24.8 Å². The van der Waals surface area contributed by atoms with Crippen molar-refractivity contribution in [1.29, 1.82) is 0 Å². The van der Waals surface area contributed by atoms with E-state index in [-0.39, 0.29) is 17.2 Å². The van der Waals surface area contributed by atoms with E-state index in [1.807, 2.05) is 20.8 Å². The number of rotatable bonds is 3. The van der Waals surface area contributed by atoms with Crippen LogP contribution in [0.15, 0.2) is 12.1 Å². The first-order chi connectivity index (χ1) is 8.12. The smallest absolute Gasteiger partial charge is 0.370 e. The summed E-state index contributed by atoms with van der Waals surface area (Å²) in [7, 11) is 0. The molecule has 0 fully saturated rings. The van der Waals surface area contributed by atoms with Crippen molar-refractivity contribution in [2.75, 3.05) is 17.2 Å². The average Bonchev–Trinajstić information content (AvgIpc) is 2.13. The maximum Gasteiger partial charge on any atom is 0.416 e. The van der Waals surface area contributed by atoms with Gasteiger partial charge < -0.3 is 10.6 Å². The Morgan fingerprint density at radius 2 is 1.67 bits per heavy atom. The number of nitrogens with zero attached hydrogens (tertiary/aromatic N) is 1. The molecule has 0 aliphatic rings. The molecule has 6 heteroatoms. The molecule has 18 heavy (non-hydrogen) atoms. The van der Waals surface area contributed by atoms with Crippen molar-refractivity contribution >= 4 is 11.6 Å². The predicted octanol–water partition coefficient (Wildman–Crippen LogP) is 3.74. The highest BCUT2D eigenvalue weighted by Gasteiger charge is 2.32. The first-order valence-electron chi connectivity index (χ1n) is 5.73. The van der Waals surface area contributed by atoms with Gasteiger partial charge in [-0.15, -0.1) is 0 Å². The van der Waals surface area contributed by atoms with Crippen LogP contribution in [-0.4, -0.2) is 17.1 Å². The Balaban J connectivity index is 3.14. The third-order valence-corrected chi connectivity index (χ3v) is 2.01. The van der Waals surface area contributed by atoms with Gasteiger partial charge in [0.05, 0.1) is 5.56 Å². The van der Waals surface area contributed by atoms with Crippen LogP contribution < -0.4 is 10.6 Å². The van der Waals surface area contributed by atoms with Crippen LogP contribution in [0.2, 0.25) is 0 Å². The molecule has 0 spiro atoms. The molecule has 0 unspecified atom stereocenters. The van der Waals surface area contributed by atoms with Gasteiger partial charge in [-0.25, -0.2) is 4.98 Å². The van der Waals surface area contributed by atoms with Gasteiger partial charge in [0.2, 0.25) is 0 Å². The van der Waals surface area contributed by atoms with Gasteiger partial charge in [0.15, 0.2) is 0 Å². The van der Waals surface area contributed by atoms with Gasteiger partial charge in [0.25, 0.3) is 0 Å². The van der Waals surface area contributed by atoms with Crippen molar-refractivity contribution in [1.82, 2.24) is 4.98 Å². The van der Waals surface area contributed by atoms with Crippen molar-refractivity contribution in [3.63, 3.8) is 0 Å². The molecule has 0 amide bonds. The molecule has 102 valence electrons. The third-order valence-electron chi connectivity index (χ3n) is 2.01. The van der Waals surface area contributed by atoms with Gasteiger partial charge in [0, 0.05) is 12.1 Å². The number of anilines is 2. The first kappa shape index (κ1) is 14.6. The van der Waals surface area contributed by atoms with Crippen molar-refractivity contribution in [3.05, 3.63) is 17.7 Å². The summed E-state index contributed by atoms with van der Waals surface area (Å²) in [5.74, 6) is 0.437. The standard InChI is InChI=1S/C12H18F3N3/c1-5-16-9-6-8(12(13,14)15)7-10(17-9)18-11(2,3)4/h6-7H,5H2,1-4H3,(H2,16,17,18). The van der Waals surface area contributed by atoms with Gasteiger partial charge >= 0.3 is 6.18 Å². The molecule has 0 atom stereocenters. The van der Waals surface area contributed by atoms with Gasteiger partial charge in [-0.1, -0.05) is 0 Å². The number of nitrogens with one attached hydrogen (secondary N) is 2. The maximum absolute atomic E-state index is 12.7. The summed E-state index contributed by atoms with van der Waals surface area (Å²) in [5, 5.41) is 5.74. The minimum absolute atomic E-state index is 0.216. The van der Waals surface area contributed by atoms with Crippen LogP contribution in [0.1, 0.15) is 33.3 Å². The van der Waals surface area contributed by atoms with Crippen LogP contribution in [-0.2, 0) is 6.18 Å². The van der Waals surface area contributed by atoms with Gasteiger partial charge in [0.1, 0.15) is 11.6 Å². The molecular weight excluding hydrogens is 243 g/mol. The number of hydrogen-bond acceptors (Lipinski definition) is 3. The van der Waals surface area contributed by atoms with Crippen molar-refractivity contribution in [2.45, 2.75) is 39.4 Å². The highest BCUT2D eigenvalue weighted by Crippen LogP contribution is 2.32. The number of halogens is 3. The van der Waals surface area contributed by atoms with Crippen molar-refractivity contribution in [2.24, 2.45) is 0 Å². The lowest BCUT2D eigenvalue weighted by Crippen LogP contribution is -2.27. The van der Waals surface area contributed by atoms with Crippen LogP contribution >= 0.6 is 0 Å². The second-order valence-corrected chi connectivity index (χ2v) is 5.03. The van der Waals surface area contributed by atoms with E-state index in [9.17, 15) is 13.2 Å². The van der Waals surface area contributed by atoms with Crippen LogP contribution in [0.3, 0.4) is 0 Å². The molecule has 2 N–H and O–H groups in total. The Morgan fingerprint density at radius 1 is 1.11 bits per heavy atom. The molecule has 1 aromatic heterocycles. The summed E-state index contributed by atoms with van der Waals surface area (Å²) >= 11 is 0.